The second kappa shape index (κ2) is 26.2. The number of unbranched alkanes of at least 4 members (excludes halogenated alkanes) is 18. The van der Waals surface area contributed by atoms with E-state index in [0.717, 1.165) is 44.3 Å². The van der Waals surface area contributed by atoms with Gasteiger partial charge in [0, 0.05) is 0 Å². The molecule has 1 rings (SSSR count). The average Bonchev–Trinajstić information content (AvgIpc) is 2.89. The van der Waals surface area contributed by atoms with Crippen LogP contribution in [0.3, 0.4) is 0 Å². The molecule has 1 aromatic rings. The summed E-state index contributed by atoms with van der Waals surface area (Å²) in [5, 5.41) is 0. The molecule has 0 bridgehead atoms. The van der Waals surface area contributed by atoms with E-state index in [4.69, 9.17) is 33.8 Å². The van der Waals surface area contributed by atoms with E-state index in [1.54, 1.807) is 0 Å². The molecule has 7 heteroatoms. The summed E-state index contributed by atoms with van der Waals surface area (Å²) in [6, 6.07) is 9.81. The third-order valence-electron chi connectivity index (χ3n) is 7.52. The van der Waals surface area contributed by atoms with E-state index < -0.39 is 11.4 Å². The van der Waals surface area contributed by atoms with E-state index >= 15 is 0 Å². The van der Waals surface area contributed by atoms with E-state index in [0.29, 0.717) is 6.61 Å². The first-order valence-electron chi connectivity index (χ1n) is 15.8. The molecule has 0 amide bonds. The van der Waals surface area contributed by atoms with Gasteiger partial charge in [0.1, 0.15) is 18.0 Å². The van der Waals surface area contributed by atoms with E-state index in [-0.39, 0.29) is 19.5 Å². The van der Waals surface area contributed by atoms with Crippen LogP contribution in [0.25, 0.3) is 0 Å². The zero-order chi connectivity index (χ0) is 27.8. The van der Waals surface area contributed by atoms with Gasteiger partial charge in [-0.15, -0.1) is 0 Å². The molecule has 0 saturated carbocycles. The summed E-state index contributed by atoms with van der Waals surface area (Å²) >= 11 is 10.2. The number of ether oxygens (including phenoxy) is 1. The Hall–Kier alpha value is 0.533. The predicted octanol–water partition coefficient (Wildman–Crippen LogP) is 11.6. The van der Waals surface area contributed by atoms with Crippen LogP contribution in [0.4, 0.5) is 0 Å². The van der Waals surface area contributed by atoms with Crippen molar-refractivity contribution < 1.29 is 33.3 Å². The molecule has 0 saturated heterocycles. The minimum absolute atomic E-state index is 0. The summed E-state index contributed by atoms with van der Waals surface area (Å²) in [7, 11) is 0. The predicted molar refractivity (Wildman–Crippen MR) is 171 cm³/mol. The second-order valence-corrected chi connectivity index (χ2v) is 15.8. The second-order valence-electron chi connectivity index (χ2n) is 11.2. The first-order chi connectivity index (χ1) is 18.4. The molecule has 0 heterocycles. The molecule has 0 aliphatic heterocycles. The number of benzene rings is 1. The van der Waals surface area contributed by atoms with Crippen LogP contribution in [0.2, 0.25) is 0 Å². The molecular weight excluding hydrogens is 593 g/mol. The molecule has 0 aliphatic carbocycles. The SMILES string of the molecule is CCCCCCCCCCCCC(CCCCCCCCCCCC)(COc1ccccc1)OP(=O)([S-])[S-].[Zn+2]. The fourth-order valence-electron chi connectivity index (χ4n) is 5.22. The summed E-state index contributed by atoms with van der Waals surface area (Å²) in [5.74, 6) is -2.68. The molecule has 0 fully saturated rings. The molecule has 39 heavy (non-hydrogen) atoms. The molecule has 0 unspecified atom stereocenters. The van der Waals surface area contributed by atoms with Gasteiger partial charge in [-0.2, -0.15) is 0 Å². The molecule has 0 spiro atoms. The molecule has 1 aromatic carbocycles. The van der Waals surface area contributed by atoms with Crippen LogP contribution in [-0.2, 0) is 53.1 Å². The van der Waals surface area contributed by atoms with Crippen molar-refractivity contribution in [1.82, 2.24) is 0 Å². The van der Waals surface area contributed by atoms with Crippen molar-refractivity contribution in [2.24, 2.45) is 0 Å². The van der Waals surface area contributed by atoms with Gasteiger partial charge in [0.05, 0.1) is 0 Å². The van der Waals surface area contributed by atoms with Gasteiger partial charge in [0.15, 0.2) is 0 Å². The van der Waals surface area contributed by atoms with Gasteiger partial charge in [-0.1, -0.05) is 160 Å². The summed E-state index contributed by atoms with van der Waals surface area (Å²) < 4.78 is 24.8. The first-order valence-corrected chi connectivity index (χ1v) is 19.5. The zero-order valence-electron chi connectivity index (χ0n) is 25.3. The van der Waals surface area contributed by atoms with E-state index in [1.165, 1.54) is 103 Å². The monoisotopic (exact) mass is 648 g/mol. The summed E-state index contributed by atoms with van der Waals surface area (Å²) in [4.78, 5) is 0. The molecule has 0 aromatic heterocycles. The molecular formula is C32H57O3PS2Zn. The van der Waals surface area contributed by atoms with Crippen LogP contribution < -0.4 is 4.74 Å². The van der Waals surface area contributed by atoms with Crippen molar-refractivity contribution in [1.29, 1.82) is 0 Å². The number of rotatable bonds is 27. The fourth-order valence-corrected chi connectivity index (χ4v) is 6.88. The van der Waals surface area contributed by atoms with E-state index in [2.05, 4.69) is 13.8 Å². The van der Waals surface area contributed by atoms with E-state index in [9.17, 15) is 4.57 Å². The Morgan fingerprint density at radius 2 is 0.974 bits per heavy atom. The van der Waals surface area contributed by atoms with Crippen molar-refractivity contribution >= 4 is 30.3 Å². The van der Waals surface area contributed by atoms with Gasteiger partial charge >= 0.3 is 19.5 Å². The van der Waals surface area contributed by atoms with Crippen molar-refractivity contribution in [3.8, 4) is 5.75 Å². The van der Waals surface area contributed by atoms with Crippen molar-refractivity contribution in [2.45, 2.75) is 161 Å². The van der Waals surface area contributed by atoms with Crippen LogP contribution in [0.5, 0.6) is 5.75 Å². The molecule has 0 N–H and O–H groups in total. The smallest absolute Gasteiger partial charge is 0.714 e. The standard InChI is InChI=1S/C32H59O3PS2.Zn/c1-3-5-7-9-11-13-15-17-19-24-28-32(35-36(33,37)38,30-34-31-26-22-21-23-27-31)29-25-20-18-16-14-12-10-8-6-4-2;/h21-23,26-27H,3-20,24-25,28-30H2,1-2H3,(H2,33,37,38);/q;+2/p-2. The van der Waals surface area contributed by atoms with Crippen molar-refractivity contribution in [2.75, 3.05) is 6.61 Å². The van der Waals surface area contributed by atoms with Crippen LogP contribution in [-0.4, -0.2) is 12.2 Å². The topological polar surface area (TPSA) is 35.5 Å². The summed E-state index contributed by atoms with van der Waals surface area (Å²) in [6.07, 6.45) is 27.2. The number of hydrogen-bond acceptors (Lipinski definition) is 5. The van der Waals surface area contributed by atoms with E-state index in [1.807, 2.05) is 30.3 Å². The molecule has 0 radical (unpaired) electrons. The van der Waals surface area contributed by atoms with Crippen molar-refractivity contribution in [3.05, 3.63) is 30.3 Å². The van der Waals surface area contributed by atoms with Crippen LogP contribution >= 0.6 is 5.77 Å². The third kappa shape index (κ3) is 23.8. The Bertz CT molecular complexity index is 678. The maximum absolute atomic E-state index is 12.6. The average molecular weight is 650 g/mol. The number of para-hydroxylation sites is 1. The minimum Gasteiger partial charge on any atom is -0.714 e. The Labute approximate surface area is 265 Å². The first kappa shape index (κ1) is 39.5. The van der Waals surface area contributed by atoms with Gasteiger partial charge in [-0.3, -0.25) is 0 Å². The molecule has 3 nitrogen and oxygen atoms in total. The van der Waals surface area contributed by atoms with Gasteiger partial charge in [-0.25, -0.2) is 0 Å². The Balaban J connectivity index is 0.0000144. The molecule has 0 atom stereocenters. The van der Waals surface area contributed by atoms with Gasteiger partial charge < -0.3 is 38.3 Å². The zero-order valence-corrected chi connectivity index (χ0v) is 30.8. The minimum atomic E-state index is -3.48. The maximum Gasteiger partial charge on any atom is 2.00 e. The van der Waals surface area contributed by atoms with Crippen LogP contribution in [0.15, 0.2) is 30.3 Å². The number of hydrogen-bond donors (Lipinski definition) is 0. The van der Waals surface area contributed by atoms with Gasteiger partial charge in [0.2, 0.25) is 0 Å². The quantitative estimate of drug-likeness (QED) is 0.0410. The summed E-state index contributed by atoms with van der Waals surface area (Å²) in [6.45, 7) is 4.88. The largest absolute Gasteiger partial charge is 2.00 e. The molecule has 222 valence electrons. The Morgan fingerprint density at radius 1 is 0.615 bits per heavy atom. The maximum atomic E-state index is 12.6. The van der Waals surface area contributed by atoms with Gasteiger partial charge in [-0.05, 0) is 30.7 Å². The fraction of sp³-hybridized carbons (Fsp3) is 0.812. The normalized spacial score (nSPS) is 11.9. The van der Waals surface area contributed by atoms with Crippen molar-refractivity contribution in [3.63, 3.8) is 0 Å². The van der Waals surface area contributed by atoms with Crippen LogP contribution in [0, 0.1) is 0 Å². The van der Waals surface area contributed by atoms with Gasteiger partial charge in [0.25, 0.3) is 0 Å². The summed E-state index contributed by atoms with van der Waals surface area (Å²) in [5.41, 5.74) is -0.671. The Morgan fingerprint density at radius 3 is 1.33 bits per heavy atom. The third-order valence-corrected chi connectivity index (χ3v) is 8.58. The Kier molecular flexibility index (Phi) is 26.5. The molecule has 0 aliphatic rings. The van der Waals surface area contributed by atoms with Crippen LogP contribution in [0.1, 0.15) is 155 Å².